The van der Waals surface area contributed by atoms with Gasteiger partial charge in [0.25, 0.3) is 0 Å². The van der Waals surface area contributed by atoms with Crippen LogP contribution in [0.5, 0.6) is 0 Å². The standard InChI is InChI=1S/C9H17O.2Na.2HO3P/c1-9(7-8-10)5-3-2-4-6-9;;;2*1-4(2)3/h8,10H,2-7H2,1H3;;;2*(H-,1,2,3)/q-1;2*+1;;/p+2. The molecule has 11 heteroatoms. The molecule has 0 atom stereocenters. The molecular weight excluding hydrogens is 328 g/mol. The predicted octanol–water partition coefficient (Wildman–Crippen LogP) is -3.85. The van der Waals surface area contributed by atoms with Gasteiger partial charge < -0.3 is 5.11 Å². The maximum atomic E-state index is 8.70. The Hall–Kier alpha value is 2.00. The van der Waals surface area contributed by atoms with E-state index in [0.717, 1.165) is 6.42 Å². The minimum absolute atomic E-state index is 0. The molecule has 1 fully saturated rings. The van der Waals surface area contributed by atoms with Gasteiger partial charge in [0.05, 0.1) is 0 Å². The van der Waals surface area contributed by atoms with Crippen molar-refractivity contribution >= 4 is 16.5 Å². The zero-order chi connectivity index (χ0) is 14.6. The van der Waals surface area contributed by atoms with Crippen molar-refractivity contribution in [1.29, 1.82) is 0 Å². The molecule has 0 aromatic rings. The first-order valence-corrected chi connectivity index (χ1v) is 7.72. The minimum atomic E-state index is -2.87. The molecule has 0 amide bonds. The van der Waals surface area contributed by atoms with Crippen molar-refractivity contribution in [3.63, 3.8) is 0 Å². The number of hydrogen-bond acceptors (Lipinski definition) is 3. The monoisotopic (exact) mass is 349 g/mol. The number of aliphatic hydroxyl groups is 1. The summed E-state index contributed by atoms with van der Waals surface area (Å²) in [5.74, 6) is 0. The van der Waals surface area contributed by atoms with Crippen molar-refractivity contribution in [2.75, 3.05) is 0 Å². The van der Waals surface area contributed by atoms with Gasteiger partial charge in [-0.15, -0.1) is 19.6 Å². The van der Waals surface area contributed by atoms with E-state index < -0.39 is 16.5 Å². The molecule has 0 spiro atoms. The third kappa shape index (κ3) is 28.2. The van der Waals surface area contributed by atoms with Crippen LogP contribution in [0.1, 0.15) is 45.4 Å². The largest absolute Gasteiger partial charge is 1.00 e. The number of aliphatic hydroxyl groups excluding tert-OH is 1. The molecule has 0 bridgehead atoms. The van der Waals surface area contributed by atoms with E-state index >= 15 is 0 Å². The Morgan fingerprint density at radius 3 is 1.50 bits per heavy atom. The van der Waals surface area contributed by atoms with Crippen molar-refractivity contribution in [2.24, 2.45) is 5.41 Å². The molecule has 0 heterocycles. The van der Waals surface area contributed by atoms with E-state index in [1.165, 1.54) is 38.7 Å². The van der Waals surface area contributed by atoms with Crippen LogP contribution in [0.15, 0.2) is 0 Å². The van der Waals surface area contributed by atoms with Crippen molar-refractivity contribution in [1.82, 2.24) is 0 Å². The Morgan fingerprint density at radius 2 is 1.25 bits per heavy atom. The van der Waals surface area contributed by atoms with Gasteiger partial charge in [0.2, 0.25) is 0 Å². The van der Waals surface area contributed by atoms with Gasteiger partial charge in [0, 0.05) is 9.13 Å². The Labute approximate surface area is 165 Å². The molecule has 0 radical (unpaired) electrons. The fourth-order valence-corrected chi connectivity index (χ4v) is 1.83. The Bertz CT molecular complexity index is 225. The predicted molar refractivity (Wildman–Crippen MR) is 66.1 cm³/mol. The molecule has 1 rings (SSSR count). The molecule has 0 aliphatic heterocycles. The normalized spacial score (nSPS) is 14.9. The topological polar surface area (TPSA) is 135 Å². The minimum Gasteiger partial charge on any atom is -0.566 e. The molecule has 0 saturated heterocycles. The average Bonchev–Trinajstić information content (AvgIpc) is 2.16. The van der Waals surface area contributed by atoms with Crippen LogP contribution in [0.2, 0.25) is 0 Å². The Morgan fingerprint density at radius 1 is 0.950 bits per heavy atom. The summed E-state index contributed by atoms with van der Waals surface area (Å²) in [6.45, 7) is 3.60. The first-order valence-electron chi connectivity index (χ1n) is 5.39. The van der Waals surface area contributed by atoms with Crippen LogP contribution in [-0.2, 0) is 9.13 Å². The van der Waals surface area contributed by atoms with Crippen LogP contribution < -0.4 is 59.1 Å². The third-order valence-electron chi connectivity index (χ3n) is 2.64. The van der Waals surface area contributed by atoms with Crippen molar-refractivity contribution < 1.29 is 92.9 Å². The van der Waals surface area contributed by atoms with Crippen LogP contribution in [0.3, 0.4) is 0 Å². The Kier molecular flexibility index (Phi) is 28.5. The average molecular weight is 349 g/mol. The molecule has 1 saturated carbocycles. The number of rotatable bonds is 2. The van der Waals surface area contributed by atoms with Crippen molar-refractivity contribution in [3.05, 3.63) is 6.61 Å². The van der Waals surface area contributed by atoms with Crippen LogP contribution >= 0.6 is 16.5 Å². The molecule has 108 valence electrons. The van der Waals surface area contributed by atoms with Crippen LogP contribution in [-0.4, -0.2) is 24.7 Å². The second-order valence-electron chi connectivity index (χ2n) is 4.26. The van der Waals surface area contributed by atoms with Gasteiger partial charge in [-0.2, -0.15) is 6.42 Å². The fraction of sp³-hybridized carbons (Fsp3) is 0.889. The van der Waals surface area contributed by atoms with E-state index in [-0.39, 0.29) is 59.1 Å². The molecular formula is C9H21Na2O7P2+3. The molecule has 0 unspecified atom stereocenters. The molecule has 1 aliphatic rings. The van der Waals surface area contributed by atoms with Gasteiger partial charge in [0.15, 0.2) is 0 Å². The van der Waals surface area contributed by atoms with Gasteiger partial charge in [-0.05, 0) is 0 Å². The SMILES string of the molecule is CC1(C[CH-]O)CCCCC1.O=[P+](O)O.O=[P+](O)O.[Na+].[Na+]. The maximum absolute atomic E-state index is 8.70. The summed E-state index contributed by atoms with van der Waals surface area (Å²) in [4.78, 5) is 28.5. The molecule has 0 aromatic carbocycles. The van der Waals surface area contributed by atoms with Gasteiger partial charge in [-0.1, -0.05) is 44.4 Å². The molecule has 7 nitrogen and oxygen atoms in total. The molecule has 1 aliphatic carbocycles. The summed E-state index contributed by atoms with van der Waals surface area (Å²) in [5, 5.41) is 8.66. The van der Waals surface area contributed by atoms with E-state index in [4.69, 9.17) is 33.8 Å². The quantitative estimate of drug-likeness (QED) is 0.196. The summed E-state index contributed by atoms with van der Waals surface area (Å²) >= 11 is 0. The van der Waals surface area contributed by atoms with E-state index in [9.17, 15) is 0 Å². The zero-order valence-corrected chi connectivity index (χ0v) is 18.1. The summed E-state index contributed by atoms with van der Waals surface area (Å²) in [5.41, 5.74) is 0.424. The van der Waals surface area contributed by atoms with Crippen molar-refractivity contribution in [3.8, 4) is 0 Å². The van der Waals surface area contributed by atoms with Crippen LogP contribution in [0, 0.1) is 12.0 Å². The number of hydrogen-bond donors (Lipinski definition) is 5. The summed E-state index contributed by atoms with van der Waals surface area (Å²) in [6.07, 6.45) is 7.57. The van der Waals surface area contributed by atoms with Gasteiger partial charge in [-0.3, -0.25) is 0 Å². The van der Waals surface area contributed by atoms with E-state index in [1.807, 2.05) is 0 Å². The smallest absolute Gasteiger partial charge is 0.566 e. The van der Waals surface area contributed by atoms with Gasteiger partial charge >= 0.3 is 75.6 Å². The van der Waals surface area contributed by atoms with E-state index in [2.05, 4.69) is 6.92 Å². The summed E-state index contributed by atoms with van der Waals surface area (Å²) < 4.78 is 17.4. The van der Waals surface area contributed by atoms with E-state index in [0.29, 0.717) is 5.41 Å². The van der Waals surface area contributed by atoms with E-state index in [1.54, 1.807) is 0 Å². The van der Waals surface area contributed by atoms with Crippen LogP contribution in [0.25, 0.3) is 0 Å². The second-order valence-corrected chi connectivity index (χ2v) is 5.27. The zero-order valence-electron chi connectivity index (χ0n) is 12.3. The van der Waals surface area contributed by atoms with Crippen molar-refractivity contribution in [2.45, 2.75) is 45.4 Å². The molecule has 0 aromatic heterocycles. The van der Waals surface area contributed by atoms with Crippen LogP contribution in [0.4, 0.5) is 0 Å². The van der Waals surface area contributed by atoms with Gasteiger partial charge in [0.1, 0.15) is 0 Å². The molecule has 5 N–H and O–H groups in total. The molecule has 20 heavy (non-hydrogen) atoms. The fourth-order valence-electron chi connectivity index (χ4n) is 1.83. The second kappa shape index (κ2) is 19.0. The third-order valence-corrected chi connectivity index (χ3v) is 2.64. The van der Waals surface area contributed by atoms with Gasteiger partial charge in [-0.25, -0.2) is 6.61 Å². The summed E-state index contributed by atoms with van der Waals surface area (Å²) in [7, 11) is -5.74. The first kappa shape index (κ1) is 29.9. The maximum Gasteiger partial charge on any atom is 1.00 e. The first-order chi connectivity index (χ1) is 8.23. The summed E-state index contributed by atoms with van der Waals surface area (Å²) in [6, 6.07) is 0. The Balaban J connectivity index is -0.000000110.